The monoisotopic (exact) mass is 289 g/mol. The molecule has 1 aromatic carbocycles. The minimum atomic E-state index is -0.125. The van der Waals surface area contributed by atoms with Crippen molar-refractivity contribution < 1.29 is 9.53 Å². The van der Waals surface area contributed by atoms with Crippen molar-refractivity contribution in [3.63, 3.8) is 0 Å². The van der Waals surface area contributed by atoms with Crippen LogP contribution < -0.4 is 5.32 Å². The Morgan fingerprint density at radius 2 is 2.05 bits per heavy atom. The van der Waals surface area contributed by atoms with Crippen LogP contribution in [0.15, 0.2) is 30.3 Å². The van der Waals surface area contributed by atoms with Crippen LogP contribution in [0.1, 0.15) is 45.1 Å². The summed E-state index contributed by atoms with van der Waals surface area (Å²) in [6, 6.07) is 10.9. The number of esters is 1. The highest BCUT2D eigenvalue weighted by Crippen LogP contribution is 2.28. The van der Waals surface area contributed by atoms with Crippen molar-refractivity contribution in [2.24, 2.45) is 5.92 Å². The van der Waals surface area contributed by atoms with Crippen molar-refractivity contribution in [2.45, 2.75) is 58.0 Å². The largest absolute Gasteiger partial charge is 0.465 e. The molecular formula is C18H27NO2. The smallest absolute Gasteiger partial charge is 0.323 e. The molecule has 1 fully saturated rings. The molecule has 1 saturated heterocycles. The molecule has 1 aliphatic heterocycles. The highest BCUT2D eigenvalue weighted by atomic mass is 16.5. The van der Waals surface area contributed by atoms with Gasteiger partial charge in [-0.2, -0.15) is 0 Å². The van der Waals surface area contributed by atoms with Gasteiger partial charge in [0.15, 0.2) is 0 Å². The number of unbranched alkanes of at least 4 members (excludes halogenated alkanes) is 1. The minimum Gasteiger partial charge on any atom is -0.465 e. The van der Waals surface area contributed by atoms with E-state index in [1.165, 1.54) is 18.4 Å². The van der Waals surface area contributed by atoms with Gasteiger partial charge < -0.3 is 10.1 Å². The van der Waals surface area contributed by atoms with E-state index >= 15 is 0 Å². The molecule has 3 heteroatoms. The molecule has 0 unspecified atom stereocenters. The molecule has 21 heavy (non-hydrogen) atoms. The molecule has 0 bridgehead atoms. The molecule has 3 nitrogen and oxygen atoms in total. The quantitative estimate of drug-likeness (QED) is 0.783. The lowest BCUT2D eigenvalue weighted by Gasteiger charge is -2.19. The Bertz CT molecular complexity index is 432. The maximum atomic E-state index is 12.0. The number of benzene rings is 1. The summed E-state index contributed by atoms with van der Waals surface area (Å²) in [5.74, 6) is 0.433. The molecule has 1 aromatic rings. The van der Waals surface area contributed by atoms with Crippen LogP contribution in [0.5, 0.6) is 0 Å². The van der Waals surface area contributed by atoms with Crippen molar-refractivity contribution in [3.8, 4) is 0 Å². The molecule has 0 aliphatic carbocycles. The maximum Gasteiger partial charge on any atom is 0.323 e. The van der Waals surface area contributed by atoms with Crippen LogP contribution in [0.25, 0.3) is 0 Å². The highest BCUT2D eigenvalue weighted by molar-refractivity contribution is 5.76. The van der Waals surface area contributed by atoms with Crippen LogP contribution in [-0.2, 0) is 16.0 Å². The van der Waals surface area contributed by atoms with Crippen LogP contribution in [0.2, 0.25) is 0 Å². The van der Waals surface area contributed by atoms with Gasteiger partial charge in [-0.1, -0.05) is 50.1 Å². The third-order valence-corrected chi connectivity index (χ3v) is 4.30. The molecule has 0 spiro atoms. The lowest BCUT2D eigenvalue weighted by atomic mass is 9.89. The van der Waals surface area contributed by atoms with E-state index in [4.69, 9.17) is 4.74 Å². The first-order valence-electron chi connectivity index (χ1n) is 8.21. The summed E-state index contributed by atoms with van der Waals surface area (Å²) in [6.07, 6.45) is 5.48. The number of nitrogens with one attached hydrogen (secondary N) is 1. The summed E-state index contributed by atoms with van der Waals surface area (Å²) in [7, 11) is 0. The lowest BCUT2D eigenvalue weighted by Crippen LogP contribution is -2.37. The van der Waals surface area contributed by atoms with E-state index in [9.17, 15) is 4.79 Å². The van der Waals surface area contributed by atoms with E-state index in [0.717, 1.165) is 19.3 Å². The normalized spacial score (nSPS) is 25.0. The van der Waals surface area contributed by atoms with Crippen LogP contribution in [0.3, 0.4) is 0 Å². The van der Waals surface area contributed by atoms with Crippen LogP contribution >= 0.6 is 0 Å². The molecule has 2 rings (SSSR count). The van der Waals surface area contributed by atoms with E-state index in [-0.39, 0.29) is 12.0 Å². The van der Waals surface area contributed by atoms with Gasteiger partial charge in [-0.15, -0.1) is 0 Å². The van der Waals surface area contributed by atoms with E-state index < -0.39 is 0 Å². The van der Waals surface area contributed by atoms with Gasteiger partial charge in [-0.25, -0.2) is 0 Å². The van der Waals surface area contributed by atoms with Gasteiger partial charge in [0.05, 0.1) is 6.61 Å². The number of carbonyl (C=O) groups is 1. The molecule has 0 radical (unpaired) electrons. The van der Waals surface area contributed by atoms with E-state index in [2.05, 4.69) is 36.5 Å². The summed E-state index contributed by atoms with van der Waals surface area (Å²) >= 11 is 0. The predicted molar refractivity (Wildman–Crippen MR) is 85.1 cm³/mol. The minimum absolute atomic E-state index is 0.0884. The summed E-state index contributed by atoms with van der Waals surface area (Å²) in [5.41, 5.74) is 1.36. The number of hydrogen-bond donors (Lipinski definition) is 1. The van der Waals surface area contributed by atoms with Crippen LogP contribution in [0.4, 0.5) is 0 Å². The zero-order chi connectivity index (χ0) is 15.1. The second-order valence-corrected chi connectivity index (χ2v) is 5.91. The molecule has 1 heterocycles. The number of hydrogen-bond acceptors (Lipinski definition) is 3. The second-order valence-electron chi connectivity index (χ2n) is 5.91. The standard InChI is InChI=1S/C18H27NO2/c1-3-5-11-16-15(12-14-9-7-6-8-10-14)13-17(19-16)18(20)21-4-2/h6-10,15-17,19H,3-5,11-13H2,1-2H3/t15-,16-,17-/m0/s1. The summed E-state index contributed by atoms with van der Waals surface area (Å²) < 4.78 is 5.18. The third kappa shape index (κ3) is 4.57. The third-order valence-electron chi connectivity index (χ3n) is 4.30. The van der Waals surface area contributed by atoms with Gasteiger partial charge in [0.25, 0.3) is 0 Å². The van der Waals surface area contributed by atoms with Crippen molar-refractivity contribution in [3.05, 3.63) is 35.9 Å². The van der Waals surface area contributed by atoms with Crippen molar-refractivity contribution in [1.29, 1.82) is 0 Å². The fraction of sp³-hybridized carbons (Fsp3) is 0.611. The average Bonchev–Trinajstić information content (AvgIpc) is 2.89. The topological polar surface area (TPSA) is 38.3 Å². The first kappa shape index (κ1) is 16.0. The molecule has 3 atom stereocenters. The van der Waals surface area contributed by atoms with Gasteiger partial charge in [0, 0.05) is 6.04 Å². The Morgan fingerprint density at radius 3 is 2.71 bits per heavy atom. The van der Waals surface area contributed by atoms with Gasteiger partial charge >= 0.3 is 5.97 Å². The fourth-order valence-electron chi connectivity index (χ4n) is 3.22. The fourth-order valence-corrected chi connectivity index (χ4v) is 3.22. The molecule has 1 aliphatic rings. The number of carbonyl (C=O) groups excluding carboxylic acids is 1. The van der Waals surface area contributed by atoms with E-state index in [1.54, 1.807) is 0 Å². The molecule has 0 aromatic heterocycles. The first-order valence-corrected chi connectivity index (χ1v) is 8.21. The first-order chi connectivity index (χ1) is 10.2. The number of rotatable bonds is 7. The van der Waals surface area contributed by atoms with E-state index in [0.29, 0.717) is 18.6 Å². The Labute approximate surface area is 128 Å². The predicted octanol–water partition coefficient (Wildman–Crippen LogP) is 3.33. The zero-order valence-corrected chi connectivity index (χ0v) is 13.2. The highest BCUT2D eigenvalue weighted by Gasteiger charge is 2.37. The second kappa shape index (κ2) is 8.18. The molecular weight excluding hydrogens is 262 g/mol. The summed E-state index contributed by atoms with van der Waals surface area (Å²) in [6.45, 7) is 4.53. The van der Waals surface area contributed by atoms with Crippen molar-refractivity contribution in [1.82, 2.24) is 5.32 Å². The Balaban J connectivity index is 1.99. The van der Waals surface area contributed by atoms with Gasteiger partial charge in [-0.3, -0.25) is 4.79 Å². The van der Waals surface area contributed by atoms with Crippen molar-refractivity contribution in [2.75, 3.05) is 6.61 Å². The van der Waals surface area contributed by atoms with Gasteiger partial charge in [0.1, 0.15) is 6.04 Å². The van der Waals surface area contributed by atoms with Gasteiger partial charge in [0.2, 0.25) is 0 Å². The summed E-state index contributed by atoms with van der Waals surface area (Å²) in [4.78, 5) is 12.0. The van der Waals surface area contributed by atoms with Crippen LogP contribution in [-0.4, -0.2) is 24.7 Å². The van der Waals surface area contributed by atoms with E-state index in [1.807, 2.05) is 13.0 Å². The van der Waals surface area contributed by atoms with Crippen molar-refractivity contribution >= 4 is 5.97 Å². The Kier molecular flexibility index (Phi) is 6.24. The SMILES string of the molecule is CCCC[C@@H]1N[C@H](C(=O)OCC)C[C@@H]1Cc1ccccc1. The average molecular weight is 289 g/mol. The molecule has 0 saturated carbocycles. The lowest BCUT2D eigenvalue weighted by molar-refractivity contribution is -0.145. The number of ether oxygens (including phenoxy) is 1. The Morgan fingerprint density at radius 1 is 1.29 bits per heavy atom. The molecule has 1 N–H and O–H groups in total. The molecule has 0 amide bonds. The summed E-state index contributed by atoms with van der Waals surface area (Å²) in [5, 5.41) is 3.51. The van der Waals surface area contributed by atoms with Crippen LogP contribution in [0, 0.1) is 5.92 Å². The molecule has 116 valence electrons. The van der Waals surface area contributed by atoms with Gasteiger partial charge in [-0.05, 0) is 37.7 Å². The Hall–Kier alpha value is -1.35. The maximum absolute atomic E-state index is 12.0. The zero-order valence-electron chi connectivity index (χ0n) is 13.2.